The first-order chi connectivity index (χ1) is 8.16. The molecule has 3 heteroatoms. The number of rotatable bonds is 3. The summed E-state index contributed by atoms with van der Waals surface area (Å²) in [7, 11) is 0. The summed E-state index contributed by atoms with van der Waals surface area (Å²) in [5, 5.41) is 10.0. The fourth-order valence-electron chi connectivity index (χ4n) is 1.76. The lowest BCUT2D eigenvalue weighted by molar-refractivity contribution is -0.132. The molecular weight excluding hydrogens is 216 g/mol. The molecule has 1 N–H and O–H groups in total. The molecular formula is C14H14O3. The minimum Gasteiger partial charge on any atom is -0.424 e. The molecule has 0 radical (unpaired) electrons. The highest BCUT2D eigenvalue weighted by Crippen LogP contribution is 2.22. The summed E-state index contributed by atoms with van der Waals surface area (Å²) in [5.74, 6) is 0.143. The number of ether oxygens (including phenoxy) is 1. The zero-order valence-corrected chi connectivity index (χ0v) is 9.59. The van der Waals surface area contributed by atoms with Gasteiger partial charge in [0.1, 0.15) is 5.76 Å². The van der Waals surface area contributed by atoms with Crippen LogP contribution in [-0.4, -0.2) is 11.1 Å². The maximum Gasteiger partial charge on any atom is 0.336 e. The van der Waals surface area contributed by atoms with E-state index < -0.39 is 6.10 Å². The Morgan fingerprint density at radius 3 is 2.76 bits per heavy atom. The first-order valence-corrected chi connectivity index (χ1v) is 5.50. The van der Waals surface area contributed by atoms with Crippen LogP contribution in [-0.2, 0) is 9.53 Å². The monoisotopic (exact) mass is 230 g/mol. The number of esters is 1. The number of carbonyl (C=O) groups is 1. The Morgan fingerprint density at radius 2 is 2.12 bits per heavy atom. The van der Waals surface area contributed by atoms with E-state index in [1.807, 2.05) is 31.2 Å². The SMILES string of the molecule is Cc1ccccc1[C@H](O)C/C=C1\C=CC(=O)O1. The Hall–Kier alpha value is -1.87. The van der Waals surface area contributed by atoms with E-state index in [4.69, 9.17) is 4.74 Å². The van der Waals surface area contributed by atoms with E-state index in [1.165, 1.54) is 6.08 Å². The van der Waals surface area contributed by atoms with Crippen molar-refractivity contribution in [2.75, 3.05) is 0 Å². The Kier molecular flexibility index (Phi) is 3.40. The molecule has 0 amide bonds. The van der Waals surface area contributed by atoms with Crippen molar-refractivity contribution in [3.8, 4) is 0 Å². The molecule has 1 aromatic carbocycles. The van der Waals surface area contributed by atoms with Crippen LogP contribution in [0.2, 0.25) is 0 Å². The van der Waals surface area contributed by atoms with Gasteiger partial charge in [0, 0.05) is 6.08 Å². The van der Waals surface area contributed by atoms with Crippen molar-refractivity contribution < 1.29 is 14.6 Å². The smallest absolute Gasteiger partial charge is 0.336 e. The van der Waals surface area contributed by atoms with Gasteiger partial charge in [-0.05, 0) is 36.6 Å². The predicted octanol–water partition coefficient (Wildman–Crippen LogP) is 2.42. The second kappa shape index (κ2) is 4.97. The van der Waals surface area contributed by atoms with E-state index in [9.17, 15) is 9.90 Å². The lowest BCUT2D eigenvalue weighted by atomic mass is 10.0. The molecule has 1 heterocycles. The van der Waals surface area contributed by atoms with Gasteiger partial charge >= 0.3 is 5.97 Å². The van der Waals surface area contributed by atoms with Crippen LogP contribution in [0.15, 0.2) is 48.3 Å². The van der Waals surface area contributed by atoms with E-state index in [1.54, 1.807) is 12.2 Å². The van der Waals surface area contributed by atoms with Crippen molar-refractivity contribution in [2.24, 2.45) is 0 Å². The summed E-state index contributed by atoms with van der Waals surface area (Å²) >= 11 is 0. The summed E-state index contributed by atoms with van der Waals surface area (Å²) in [6.45, 7) is 1.96. The molecule has 1 aromatic rings. The van der Waals surface area contributed by atoms with Crippen LogP contribution in [0, 0.1) is 6.92 Å². The van der Waals surface area contributed by atoms with E-state index >= 15 is 0 Å². The standard InChI is InChI=1S/C14H14O3/c1-10-4-2-3-5-12(10)13(15)8-6-11-7-9-14(16)17-11/h2-7,9,13,15H,8H2,1H3/b11-6+/t13-/m1/s1. The van der Waals surface area contributed by atoms with Crippen molar-refractivity contribution in [1.82, 2.24) is 0 Å². The normalized spacial score (nSPS) is 18.5. The second-order valence-electron chi connectivity index (χ2n) is 3.97. The Morgan fingerprint density at radius 1 is 1.35 bits per heavy atom. The highest BCUT2D eigenvalue weighted by molar-refractivity contribution is 5.86. The molecule has 0 spiro atoms. The summed E-state index contributed by atoms with van der Waals surface area (Å²) < 4.78 is 4.88. The quantitative estimate of drug-likeness (QED) is 0.811. The Balaban J connectivity index is 2.03. The molecule has 88 valence electrons. The van der Waals surface area contributed by atoms with E-state index in [0.29, 0.717) is 12.2 Å². The van der Waals surface area contributed by atoms with E-state index in [0.717, 1.165) is 11.1 Å². The fraction of sp³-hybridized carbons (Fsp3) is 0.214. The Labute approximate surface area is 100 Å². The van der Waals surface area contributed by atoms with Crippen LogP contribution in [0.25, 0.3) is 0 Å². The van der Waals surface area contributed by atoms with Gasteiger partial charge in [0.25, 0.3) is 0 Å². The highest BCUT2D eigenvalue weighted by atomic mass is 16.5. The minimum absolute atomic E-state index is 0.360. The number of benzene rings is 1. The minimum atomic E-state index is -0.573. The molecule has 0 bridgehead atoms. The van der Waals surface area contributed by atoms with Crippen molar-refractivity contribution in [1.29, 1.82) is 0 Å². The third-order valence-electron chi connectivity index (χ3n) is 2.69. The molecule has 0 aromatic heterocycles. The molecule has 0 saturated carbocycles. The third kappa shape index (κ3) is 2.82. The predicted molar refractivity (Wildman–Crippen MR) is 64.1 cm³/mol. The lowest BCUT2D eigenvalue weighted by Crippen LogP contribution is -1.99. The highest BCUT2D eigenvalue weighted by Gasteiger charge is 2.12. The summed E-state index contributed by atoms with van der Waals surface area (Å²) in [4.78, 5) is 10.8. The average molecular weight is 230 g/mol. The van der Waals surface area contributed by atoms with Gasteiger partial charge in [-0.1, -0.05) is 24.3 Å². The molecule has 1 aliphatic rings. The topological polar surface area (TPSA) is 46.5 Å². The average Bonchev–Trinajstić information content (AvgIpc) is 2.73. The zero-order valence-electron chi connectivity index (χ0n) is 9.59. The molecule has 1 aliphatic heterocycles. The third-order valence-corrected chi connectivity index (χ3v) is 2.69. The number of carbonyl (C=O) groups excluding carboxylic acids is 1. The van der Waals surface area contributed by atoms with Gasteiger partial charge in [0.2, 0.25) is 0 Å². The van der Waals surface area contributed by atoms with Crippen molar-refractivity contribution in [3.05, 3.63) is 59.4 Å². The molecule has 0 saturated heterocycles. The van der Waals surface area contributed by atoms with Crippen LogP contribution in [0.1, 0.15) is 23.7 Å². The molecule has 2 rings (SSSR count). The maximum atomic E-state index is 10.8. The van der Waals surface area contributed by atoms with Gasteiger partial charge in [-0.2, -0.15) is 0 Å². The lowest BCUT2D eigenvalue weighted by Gasteiger charge is -2.11. The van der Waals surface area contributed by atoms with Crippen LogP contribution in [0.5, 0.6) is 0 Å². The number of allylic oxidation sites excluding steroid dienone is 1. The van der Waals surface area contributed by atoms with Crippen LogP contribution >= 0.6 is 0 Å². The van der Waals surface area contributed by atoms with Crippen LogP contribution < -0.4 is 0 Å². The van der Waals surface area contributed by atoms with Gasteiger partial charge in [0.15, 0.2) is 0 Å². The molecule has 0 aliphatic carbocycles. The number of aryl methyl sites for hydroxylation is 1. The van der Waals surface area contributed by atoms with Gasteiger partial charge in [-0.25, -0.2) is 4.79 Å². The number of aliphatic hydroxyl groups excluding tert-OH is 1. The Bertz CT molecular complexity index is 486. The van der Waals surface area contributed by atoms with Gasteiger partial charge < -0.3 is 9.84 Å². The summed E-state index contributed by atoms with van der Waals surface area (Å²) in [6, 6.07) is 7.69. The molecule has 3 nitrogen and oxygen atoms in total. The van der Waals surface area contributed by atoms with E-state index in [2.05, 4.69) is 0 Å². The maximum absolute atomic E-state index is 10.8. The summed E-state index contributed by atoms with van der Waals surface area (Å²) in [6.07, 6.45) is 4.55. The van der Waals surface area contributed by atoms with Gasteiger partial charge in [0.05, 0.1) is 6.10 Å². The largest absolute Gasteiger partial charge is 0.424 e. The number of cyclic esters (lactones) is 1. The van der Waals surface area contributed by atoms with Crippen molar-refractivity contribution in [3.63, 3.8) is 0 Å². The first kappa shape index (κ1) is 11.6. The van der Waals surface area contributed by atoms with Crippen molar-refractivity contribution >= 4 is 5.97 Å². The zero-order chi connectivity index (χ0) is 12.3. The molecule has 1 atom stereocenters. The van der Waals surface area contributed by atoms with Crippen LogP contribution in [0.4, 0.5) is 0 Å². The fourth-order valence-corrected chi connectivity index (χ4v) is 1.76. The number of aliphatic hydroxyl groups is 1. The van der Waals surface area contributed by atoms with Crippen LogP contribution in [0.3, 0.4) is 0 Å². The summed E-state index contributed by atoms with van der Waals surface area (Å²) in [5.41, 5.74) is 1.95. The van der Waals surface area contributed by atoms with E-state index in [-0.39, 0.29) is 5.97 Å². The molecule has 0 fully saturated rings. The first-order valence-electron chi connectivity index (χ1n) is 5.50. The van der Waals surface area contributed by atoms with Crippen molar-refractivity contribution in [2.45, 2.75) is 19.4 Å². The van der Waals surface area contributed by atoms with Gasteiger partial charge in [-0.15, -0.1) is 0 Å². The number of hydrogen-bond donors (Lipinski definition) is 1. The van der Waals surface area contributed by atoms with Gasteiger partial charge in [-0.3, -0.25) is 0 Å². The molecule has 17 heavy (non-hydrogen) atoms. The number of hydrogen-bond acceptors (Lipinski definition) is 3. The second-order valence-corrected chi connectivity index (χ2v) is 3.97. The molecule has 0 unspecified atom stereocenters.